The summed E-state index contributed by atoms with van der Waals surface area (Å²) >= 11 is 0. The molecule has 0 radical (unpaired) electrons. The number of carbonyl (C=O) groups excluding carboxylic acids is 1. The summed E-state index contributed by atoms with van der Waals surface area (Å²) in [7, 11) is 0. The van der Waals surface area contributed by atoms with Gasteiger partial charge in [0, 0.05) is 17.1 Å². The lowest BCUT2D eigenvalue weighted by Gasteiger charge is -2.04. The van der Waals surface area contributed by atoms with Gasteiger partial charge in [0.15, 0.2) is 6.61 Å². The number of benzene rings is 1. The molecule has 3 N–H and O–H groups in total. The van der Waals surface area contributed by atoms with Gasteiger partial charge >= 0.3 is 0 Å². The van der Waals surface area contributed by atoms with Crippen LogP contribution in [0.3, 0.4) is 0 Å². The van der Waals surface area contributed by atoms with Crippen molar-refractivity contribution in [3.05, 3.63) is 66.1 Å². The number of fused-ring (bicyclic) bond motifs is 1. The molecule has 0 saturated heterocycles. The minimum Gasteiger partial charge on any atom is -0.385 e. The van der Waals surface area contributed by atoms with E-state index in [2.05, 4.69) is 15.1 Å². The SMILES string of the molecule is NC(=O)CON=C(c1ccccc1)c1cc2ccncc2[nH]1. The van der Waals surface area contributed by atoms with Gasteiger partial charge < -0.3 is 15.6 Å². The first kappa shape index (κ1) is 13.8. The predicted molar refractivity (Wildman–Crippen MR) is 83.3 cm³/mol. The number of pyridine rings is 1. The van der Waals surface area contributed by atoms with E-state index in [-0.39, 0.29) is 6.61 Å². The van der Waals surface area contributed by atoms with Crippen LogP contribution in [0.25, 0.3) is 10.9 Å². The lowest BCUT2D eigenvalue weighted by molar-refractivity contribution is -0.122. The van der Waals surface area contributed by atoms with E-state index < -0.39 is 5.91 Å². The van der Waals surface area contributed by atoms with Gasteiger partial charge in [-0.05, 0) is 12.1 Å². The normalized spacial score (nSPS) is 11.5. The molecule has 2 heterocycles. The number of amides is 1. The summed E-state index contributed by atoms with van der Waals surface area (Å²) in [5.74, 6) is -0.572. The molecule has 0 fully saturated rings. The number of carbonyl (C=O) groups is 1. The van der Waals surface area contributed by atoms with Gasteiger partial charge in [-0.15, -0.1) is 0 Å². The minimum absolute atomic E-state index is 0.266. The summed E-state index contributed by atoms with van der Waals surface area (Å²) in [4.78, 5) is 23.2. The van der Waals surface area contributed by atoms with Crippen molar-refractivity contribution in [1.29, 1.82) is 0 Å². The second-order valence-electron chi connectivity index (χ2n) is 4.69. The van der Waals surface area contributed by atoms with E-state index in [1.807, 2.05) is 42.5 Å². The number of nitrogens with two attached hydrogens (primary N) is 1. The maximum absolute atomic E-state index is 10.8. The Labute approximate surface area is 126 Å². The molecule has 22 heavy (non-hydrogen) atoms. The fourth-order valence-corrected chi connectivity index (χ4v) is 2.11. The molecule has 0 unspecified atom stereocenters. The molecule has 0 aliphatic heterocycles. The van der Waals surface area contributed by atoms with Gasteiger partial charge in [0.05, 0.1) is 17.4 Å². The number of rotatable bonds is 5. The highest BCUT2D eigenvalue weighted by Gasteiger charge is 2.11. The van der Waals surface area contributed by atoms with Crippen molar-refractivity contribution in [2.75, 3.05) is 6.61 Å². The maximum Gasteiger partial charge on any atom is 0.258 e. The van der Waals surface area contributed by atoms with Crippen LogP contribution in [0.1, 0.15) is 11.3 Å². The lowest BCUT2D eigenvalue weighted by Crippen LogP contribution is -2.17. The highest BCUT2D eigenvalue weighted by Crippen LogP contribution is 2.17. The van der Waals surface area contributed by atoms with Crippen LogP contribution in [0, 0.1) is 0 Å². The predicted octanol–water partition coefficient (Wildman–Crippen LogP) is 1.82. The number of H-pyrrole nitrogens is 1. The zero-order chi connectivity index (χ0) is 15.4. The summed E-state index contributed by atoms with van der Waals surface area (Å²) < 4.78 is 0. The summed E-state index contributed by atoms with van der Waals surface area (Å²) in [5.41, 5.74) is 8.21. The largest absolute Gasteiger partial charge is 0.385 e. The van der Waals surface area contributed by atoms with E-state index in [4.69, 9.17) is 10.6 Å². The molecular weight excluding hydrogens is 280 g/mol. The zero-order valence-electron chi connectivity index (χ0n) is 11.7. The zero-order valence-corrected chi connectivity index (χ0v) is 11.7. The smallest absolute Gasteiger partial charge is 0.258 e. The van der Waals surface area contributed by atoms with Crippen LogP contribution in [0.15, 0.2) is 60.0 Å². The second kappa shape index (κ2) is 6.09. The van der Waals surface area contributed by atoms with Crippen molar-refractivity contribution >= 4 is 22.5 Å². The van der Waals surface area contributed by atoms with Crippen LogP contribution in [0.4, 0.5) is 0 Å². The number of aromatic amines is 1. The summed E-state index contributed by atoms with van der Waals surface area (Å²) in [6.45, 7) is -0.266. The van der Waals surface area contributed by atoms with E-state index in [0.29, 0.717) is 5.71 Å². The van der Waals surface area contributed by atoms with E-state index in [1.54, 1.807) is 12.4 Å². The molecule has 3 rings (SSSR count). The molecule has 0 saturated carbocycles. The third-order valence-corrected chi connectivity index (χ3v) is 3.09. The van der Waals surface area contributed by atoms with Crippen LogP contribution in [0.5, 0.6) is 0 Å². The Kier molecular flexibility index (Phi) is 3.82. The third-order valence-electron chi connectivity index (χ3n) is 3.09. The maximum atomic E-state index is 10.8. The molecule has 6 heteroatoms. The first-order chi connectivity index (χ1) is 10.7. The topological polar surface area (TPSA) is 93.4 Å². The molecule has 3 aromatic rings. The van der Waals surface area contributed by atoms with E-state index in [9.17, 15) is 4.79 Å². The van der Waals surface area contributed by atoms with Crippen molar-refractivity contribution in [3.8, 4) is 0 Å². The number of hydrogen-bond acceptors (Lipinski definition) is 4. The number of oxime groups is 1. The number of primary amides is 1. The molecule has 0 atom stereocenters. The second-order valence-corrected chi connectivity index (χ2v) is 4.69. The molecule has 1 amide bonds. The first-order valence-corrected chi connectivity index (χ1v) is 6.71. The van der Waals surface area contributed by atoms with Gasteiger partial charge in [-0.3, -0.25) is 9.78 Å². The molecule has 2 aromatic heterocycles. The van der Waals surface area contributed by atoms with E-state index >= 15 is 0 Å². The van der Waals surface area contributed by atoms with Crippen molar-refractivity contribution in [2.24, 2.45) is 10.9 Å². The lowest BCUT2D eigenvalue weighted by atomic mass is 10.1. The number of nitrogens with zero attached hydrogens (tertiary/aromatic N) is 2. The molecule has 6 nitrogen and oxygen atoms in total. The highest BCUT2D eigenvalue weighted by molar-refractivity contribution is 6.13. The quantitative estimate of drug-likeness (QED) is 0.555. The minimum atomic E-state index is -0.572. The molecular formula is C16H14N4O2. The summed E-state index contributed by atoms with van der Waals surface area (Å²) in [6, 6.07) is 13.4. The van der Waals surface area contributed by atoms with Crippen molar-refractivity contribution < 1.29 is 9.63 Å². The average molecular weight is 294 g/mol. The molecule has 0 bridgehead atoms. The van der Waals surface area contributed by atoms with Crippen molar-refractivity contribution in [1.82, 2.24) is 9.97 Å². The average Bonchev–Trinajstić information content (AvgIpc) is 2.95. The fourth-order valence-electron chi connectivity index (χ4n) is 2.11. The fraction of sp³-hybridized carbons (Fsp3) is 0.0625. The van der Waals surface area contributed by atoms with Crippen LogP contribution in [-0.4, -0.2) is 28.2 Å². The Balaban J connectivity index is 2.02. The summed E-state index contributed by atoms with van der Waals surface area (Å²) in [5, 5.41) is 5.08. The van der Waals surface area contributed by atoms with Gasteiger partial charge in [-0.25, -0.2) is 0 Å². The van der Waals surface area contributed by atoms with Crippen LogP contribution >= 0.6 is 0 Å². The van der Waals surface area contributed by atoms with Crippen molar-refractivity contribution in [3.63, 3.8) is 0 Å². The number of nitrogens with one attached hydrogen (secondary N) is 1. The van der Waals surface area contributed by atoms with Crippen LogP contribution in [-0.2, 0) is 9.63 Å². The van der Waals surface area contributed by atoms with E-state index in [1.165, 1.54) is 0 Å². The third kappa shape index (κ3) is 2.95. The standard InChI is InChI=1S/C16H14N4O2/c17-15(21)10-22-20-16(11-4-2-1-3-5-11)13-8-12-6-7-18-9-14(12)19-13/h1-9,19H,10H2,(H2,17,21). The molecule has 0 aliphatic rings. The number of aromatic nitrogens is 2. The molecule has 0 aliphatic carbocycles. The number of hydrogen-bond donors (Lipinski definition) is 2. The van der Waals surface area contributed by atoms with Crippen molar-refractivity contribution in [2.45, 2.75) is 0 Å². The first-order valence-electron chi connectivity index (χ1n) is 6.71. The molecule has 1 aromatic carbocycles. The Morgan fingerprint density at radius 1 is 1.27 bits per heavy atom. The Bertz CT molecular complexity index is 791. The van der Waals surface area contributed by atoms with Gasteiger partial charge in [0.2, 0.25) is 0 Å². The van der Waals surface area contributed by atoms with Gasteiger partial charge in [0.1, 0.15) is 5.71 Å². The summed E-state index contributed by atoms with van der Waals surface area (Å²) in [6.07, 6.45) is 3.47. The van der Waals surface area contributed by atoms with Gasteiger partial charge in [-0.2, -0.15) is 0 Å². The molecule has 0 spiro atoms. The van der Waals surface area contributed by atoms with Gasteiger partial charge in [-0.1, -0.05) is 35.5 Å². The highest BCUT2D eigenvalue weighted by atomic mass is 16.6. The Hall–Kier alpha value is -3.15. The monoisotopic (exact) mass is 294 g/mol. The molecule has 110 valence electrons. The van der Waals surface area contributed by atoms with Crippen LogP contribution in [0.2, 0.25) is 0 Å². The van der Waals surface area contributed by atoms with E-state index in [0.717, 1.165) is 22.2 Å². The Morgan fingerprint density at radius 3 is 2.82 bits per heavy atom. The Morgan fingerprint density at radius 2 is 2.09 bits per heavy atom. The van der Waals surface area contributed by atoms with Crippen LogP contribution < -0.4 is 5.73 Å². The van der Waals surface area contributed by atoms with Gasteiger partial charge in [0.25, 0.3) is 5.91 Å².